The summed E-state index contributed by atoms with van der Waals surface area (Å²) >= 11 is 0. The summed E-state index contributed by atoms with van der Waals surface area (Å²) in [6.45, 7) is 0. The topological polar surface area (TPSA) is 4.93 Å². The molecule has 0 saturated carbocycles. The van der Waals surface area contributed by atoms with Crippen LogP contribution in [0.3, 0.4) is 0 Å². The zero-order chi connectivity index (χ0) is 37.3. The van der Waals surface area contributed by atoms with Crippen LogP contribution >= 0.6 is 0 Å². The van der Waals surface area contributed by atoms with Gasteiger partial charge in [-0.1, -0.05) is 200 Å². The van der Waals surface area contributed by atoms with Gasteiger partial charge in [0.25, 0.3) is 0 Å². The Bertz CT molecular complexity index is 2930. The summed E-state index contributed by atoms with van der Waals surface area (Å²) in [5.74, 6) is 0. The zero-order valence-electron chi connectivity index (χ0n) is 31.0. The number of nitrogens with zero attached hydrogens (tertiary/aromatic N) is 1. The van der Waals surface area contributed by atoms with E-state index in [1.807, 2.05) is 0 Å². The van der Waals surface area contributed by atoms with Gasteiger partial charge in [0.1, 0.15) is 0 Å². The van der Waals surface area contributed by atoms with E-state index in [1.165, 1.54) is 93.9 Å². The Hall–Kier alpha value is -7.22. The summed E-state index contributed by atoms with van der Waals surface area (Å²) in [7, 11) is 0. The molecule has 10 aromatic rings. The van der Waals surface area contributed by atoms with E-state index < -0.39 is 0 Å². The van der Waals surface area contributed by atoms with Crippen LogP contribution in [-0.4, -0.2) is 4.57 Å². The largest absolute Gasteiger partial charge is 0.309 e. The Labute approximate surface area is 328 Å². The highest BCUT2D eigenvalue weighted by molar-refractivity contribution is 6.09. The predicted octanol–water partition coefficient (Wildman–Crippen LogP) is 14.7. The predicted molar refractivity (Wildman–Crippen MR) is 239 cm³/mol. The Morgan fingerprint density at radius 1 is 0.375 bits per heavy atom. The lowest BCUT2D eigenvalue weighted by molar-refractivity contribution is 1.18. The second-order valence-corrected chi connectivity index (χ2v) is 14.6. The van der Waals surface area contributed by atoms with E-state index in [0.29, 0.717) is 0 Å². The number of aromatic nitrogens is 1. The summed E-state index contributed by atoms with van der Waals surface area (Å²) in [6, 6.07) is 79.2. The molecule has 0 unspecified atom stereocenters. The van der Waals surface area contributed by atoms with Crippen molar-refractivity contribution in [1.82, 2.24) is 4.57 Å². The molecule has 0 aliphatic rings. The normalized spacial score (nSPS) is 11.8. The monoisotopic (exact) mass is 713 g/mol. The number of hydrogen-bond donors (Lipinski definition) is 0. The lowest BCUT2D eigenvalue weighted by Crippen LogP contribution is -1.93. The molecule has 0 spiro atoms. The van der Waals surface area contributed by atoms with Gasteiger partial charge >= 0.3 is 0 Å². The average molecular weight is 714 g/mol. The molecule has 264 valence electrons. The van der Waals surface area contributed by atoms with Crippen molar-refractivity contribution in [3.8, 4) is 39.1 Å². The third-order valence-electron chi connectivity index (χ3n) is 11.1. The fourth-order valence-corrected chi connectivity index (χ4v) is 8.22. The highest BCUT2D eigenvalue weighted by Crippen LogP contribution is 2.34. The van der Waals surface area contributed by atoms with Gasteiger partial charge < -0.3 is 4.57 Å². The highest BCUT2D eigenvalue weighted by atomic mass is 15.0. The van der Waals surface area contributed by atoms with E-state index in [9.17, 15) is 0 Å². The van der Waals surface area contributed by atoms with Crippen molar-refractivity contribution in [1.29, 1.82) is 0 Å². The molecule has 0 bridgehead atoms. The first-order valence-electron chi connectivity index (χ1n) is 19.4. The summed E-state index contributed by atoms with van der Waals surface area (Å²) in [6.07, 6.45) is 3.18. The van der Waals surface area contributed by atoms with Gasteiger partial charge in [0.05, 0.1) is 11.0 Å². The van der Waals surface area contributed by atoms with Crippen LogP contribution in [0.2, 0.25) is 0 Å². The molecule has 0 aliphatic heterocycles. The van der Waals surface area contributed by atoms with Crippen LogP contribution in [0.5, 0.6) is 0 Å². The fraction of sp³-hybridized carbons (Fsp3) is 0.0182. The van der Waals surface area contributed by atoms with Crippen molar-refractivity contribution < 1.29 is 0 Å². The minimum Gasteiger partial charge on any atom is -0.309 e. The Morgan fingerprint density at radius 3 is 1.54 bits per heavy atom. The van der Waals surface area contributed by atoms with Crippen molar-refractivity contribution in [3.05, 3.63) is 235 Å². The standard InChI is InChI=1S/C55H39N/c1-2-11-41(12-3-1)42-25-21-39(22-26-42)37-48(45-29-31-47(32-30-45)51-18-10-14-46-13-4-5-15-50(46)51)38-40-23-27-43(28-24-40)44-33-35-49(36-34-44)56-54-19-8-6-16-52(54)53-17-7-9-20-55(53)56/h1-36,38H,37H2/b48-38+. The third kappa shape index (κ3) is 6.40. The van der Waals surface area contributed by atoms with Gasteiger partial charge in [0.2, 0.25) is 0 Å². The van der Waals surface area contributed by atoms with Gasteiger partial charge in [-0.15, -0.1) is 0 Å². The molecular formula is C55H39N. The molecule has 9 aromatic carbocycles. The second kappa shape index (κ2) is 14.5. The van der Waals surface area contributed by atoms with Crippen LogP contribution in [-0.2, 0) is 6.42 Å². The van der Waals surface area contributed by atoms with Crippen LogP contribution in [0, 0.1) is 0 Å². The fourth-order valence-electron chi connectivity index (χ4n) is 8.22. The number of hydrogen-bond acceptors (Lipinski definition) is 0. The van der Waals surface area contributed by atoms with Crippen LogP contribution < -0.4 is 0 Å². The molecule has 1 heterocycles. The van der Waals surface area contributed by atoms with Gasteiger partial charge in [0, 0.05) is 16.5 Å². The number of para-hydroxylation sites is 2. The first-order chi connectivity index (χ1) is 27.7. The van der Waals surface area contributed by atoms with E-state index in [4.69, 9.17) is 0 Å². The van der Waals surface area contributed by atoms with Crippen LogP contribution in [0.4, 0.5) is 0 Å². The molecule has 1 nitrogen and oxygen atoms in total. The maximum Gasteiger partial charge on any atom is 0.0541 e. The minimum absolute atomic E-state index is 0.828. The summed E-state index contributed by atoms with van der Waals surface area (Å²) < 4.78 is 2.37. The minimum atomic E-state index is 0.828. The van der Waals surface area contributed by atoms with Gasteiger partial charge in [-0.25, -0.2) is 0 Å². The maximum atomic E-state index is 2.37. The van der Waals surface area contributed by atoms with Crippen LogP contribution in [0.25, 0.3) is 83.3 Å². The molecule has 0 atom stereocenters. The molecule has 0 fully saturated rings. The molecule has 56 heavy (non-hydrogen) atoms. The van der Waals surface area contributed by atoms with E-state index in [2.05, 4.69) is 229 Å². The molecule has 1 heteroatoms. The lowest BCUT2D eigenvalue weighted by atomic mass is 9.92. The summed E-state index contributed by atoms with van der Waals surface area (Å²) in [5, 5.41) is 5.09. The number of allylic oxidation sites excluding steroid dienone is 1. The summed E-state index contributed by atoms with van der Waals surface area (Å²) in [4.78, 5) is 0. The Kier molecular flexibility index (Phi) is 8.67. The molecule has 10 rings (SSSR count). The van der Waals surface area contributed by atoms with Gasteiger partial charge in [-0.05, 0) is 97.1 Å². The van der Waals surface area contributed by atoms with Crippen molar-refractivity contribution in [2.45, 2.75) is 6.42 Å². The lowest BCUT2D eigenvalue weighted by Gasteiger charge is -2.13. The Morgan fingerprint density at radius 2 is 0.875 bits per heavy atom. The maximum absolute atomic E-state index is 2.37. The first kappa shape index (κ1) is 33.4. The number of rotatable bonds is 8. The van der Waals surface area contributed by atoms with Crippen LogP contribution in [0.1, 0.15) is 16.7 Å². The van der Waals surface area contributed by atoms with E-state index in [-0.39, 0.29) is 0 Å². The molecule has 1 aromatic heterocycles. The Balaban J connectivity index is 0.962. The molecule has 0 N–H and O–H groups in total. The molecule has 0 saturated heterocycles. The van der Waals surface area contributed by atoms with E-state index in [0.717, 1.165) is 6.42 Å². The molecule has 0 aliphatic carbocycles. The molecular weight excluding hydrogens is 675 g/mol. The van der Waals surface area contributed by atoms with Gasteiger partial charge in [-0.2, -0.15) is 0 Å². The van der Waals surface area contributed by atoms with Gasteiger partial charge in [0.15, 0.2) is 0 Å². The second-order valence-electron chi connectivity index (χ2n) is 14.6. The summed E-state index contributed by atoms with van der Waals surface area (Å²) in [5.41, 5.74) is 16.0. The SMILES string of the molecule is C(=C(/Cc1ccc(-c2ccccc2)cc1)c1ccc(-c2cccc3ccccc23)cc1)/c1ccc(-c2ccc(-n3c4ccccc4c4ccccc43)cc2)cc1. The van der Waals surface area contributed by atoms with E-state index >= 15 is 0 Å². The van der Waals surface area contributed by atoms with Crippen molar-refractivity contribution in [2.75, 3.05) is 0 Å². The average Bonchev–Trinajstić information content (AvgIpc) is 3.61. The highest BCUT2D eigenvalue weighted by Gasteiger charge is 2.12. The van der Waals surface area contributed by atoms with Crippen molar-refractivity contribution in [3.63, 3.8) is 0 Å². The van der Waals surface area contributed by atoms with Crippen LogP contribution in [0.15, 0.2) is 218 Å². The van der Waals surface area contributed by atoms with Gasteiger partial charge in [-0.3, -0.25) is 0 Å². The quantitative estimate of drug-likeness (QED) is 0.138. The van der Waals surface area contributed by atoms with E-state index in [1.54, 1.807) is 0 Å². The van der Waals surface area contributed by atoms with Crippen molar-refractivity contribution >= 4 is 44.2 Å². The third-order valence-corrected chi connectivity index (χ3v) is 11.1. The molecule has 0 amide bonds. The number of fused-ring (bicyclic) bond motifs is 4. The smallest absolute Gasteiger partial charge is 0.0541 e. The molecule has 0 radical (unpaired) electrons. The number of benzene rings is 9. The first-order valence-corrected chi connectivity index (χ1v) is 19.4. The zero-order valence-corrected chi connectivity index (χ0v) is 31.0. The van der Waals surface area contributed by atoms with Crippen molar-refractivity contribution in [2.24, 2.45) is 0 Å².